The SMILES string of the molecule is Cc1ccnc(N/C=C/C(=O)c2ccc(-c3ccccc3)cc2)c1. The zero-order chi connectivity index (χ0) is 16.8. The van der Waals surface area contributed by atoms with Crippen molar-refractivity contribution in [1.29, 1.82) is 0 Å². The minimum Gasteiger partial charge on any atom is -0.347 e. The molecular weight excluding hydrogens is 296 g/mol. The number of pyridine rings is 1. The Morgan fingerprint density at radius 3 is 2.38 bits per heavy atom. The van der Waals surface area contributed by atoms with E-state index < -0.39 is 0 Å². The molecule has 0 aliphatic heterocycles. The lowest BCUT2D eigenvalue weighted by Gasteiger charge is -2.03. The summed E-state index contributed by atoms with van der Waals surface area (Å²) in [4.78, 5) is 16.4. The lowest BCUT2D eigenvalue weighted by atomic mass is 10.0. The molecule has 0 radical (unpaired) electrons. The number of allylic oxidation sites excluding steroid dienone is 1. The van der Waals surface area contributed by atoms with Gasteiger partial charge in [0.05, 0.1) is 0 Å². The molecule has 0 bridgehead atoms. The highest BCUT2D eigenvalue weighted by Gasteiger charge is 2.03. The first-order valence-electron chi connectivity index (χ1n) is 7.78. The highest BCUT2D eigenvalue weighted by atomic mass is 16.1. The van der Waals surface area contributed by atoms with Gasteiger partial charge in [0.25, 0.3) is 0 Å². The van der Waals surface area contributed by atoms with Gasteiger partial charge in [0.15, 0.2) is 5.78 Å². The average Bonchev–Trinajstić information content (AvgIpc) is 2.63. The van der Waals surface area contributed by atoms with Crippen molar-refractivity contribution in [3.8, 4) is 11.1 Å². The van der Waals surface area contributed by atoms with E-state index in [0.717, 1.165) is 22.5 Å². The molecule has 0 spiro atoms. The average molecular weight is 314 g/mol. The molecule has 0 saturated heterocycles. The Balaban J connectivity index is 1.66. The molecule has 0 atom stereocenters. The fraction of sp³-hybridized carbons (Fsp3) is 0.0476. The van der Waals surface area contributed by atoms with Crippen LogP contribution in [0.5, 0.6) is 0 Å². The van der Waals surface area contributed by atoms with Crippen molar-refractivity contribution in [1.82, 2.24) is 4.98 Å². The van der Waals surface area contributed by atoms with Crippen LogP contribution in [0.15, 0.2) is 85.2 Å². The summed E-state index contributed by atoms with van der Waals surface area (Å²) in [6.45, 7) is 2.00. The predicted molar refractivity (Wildman–Crippen MR) is 97.9 cm³/mol. The predicted octanol–water partition coefficient (Wildman–Crippen LogP) is 4.87. The van der Waals surface area contributed by atoms with Crippen LogP contribution in [0, 0.1) is 6.92 Å². The standard InChI is InChI=1S/C21H18N2O/c1-16-11-13-22-21(15-16)23-14-12-20(24)19-9-7-18(8-10-19)17-5-3-2-4-6-17/h2-15H,1H3,(H,22,23)/b14-12+. The maximum Gasteiger partial charge on any atom is 0.187 e. The highest BCUT2D eigenvalue weighted by Crippen LogP contribution is 2.19. The molecule has 0 saturated carbocycles. The van der Waals surface area contributed by atoms with Gasteiger partial charge in [0.1, 0.15) is 5.82 Å². The number of hydrogen-bond acceptors (Lipinski definition) is 3. The summed E-state index contributed by atoms with van der Waals surface area (Å²) in [6.07, 6.45) is 4.87. The van der Waals surface area contributed by atoms with Crippen LogP contribution in [0.3, 0.4) is 0 Å². The van der Waals surface area contributed by atoms with Crippen molar-refractivity contribution in [3.05, 3.63) is 96.3 Å². The van der Waals surface area contributed by atoms with Crippen LogP contribution in [-0.2, 0) is 0 Å². The largest absolute Gasteiger partial charge is 0.347 e. The molecule has 2 aromatic carbocycles. The summed E-state index contributed by atoms with van der Waals surface area (Å²) in [5.74, 6) is 0.674. The van der Waals surface area contributed by atoms with Crippen molar-refractivity contribution in [2.45, 2.75) is 6.92 Å². The minimum absolute atomic E-state index is 0.0465. The molecule has 0 unspecified atom stereocenters. The quantitative estimate of drug-likeness (QED) is 0.540. The van der Waals surface area contributed by atoms with E-state index in [0.29, 0.717) is 5.56 Å². The topological polar surface area (TPSA) is 42.0 Å². The highest BCUT2D eigenvalue weighted by molar-refractivity contribution is 6.04. The third-order valence-corrected chi connectivity index (χ3v) is 3.66. The van der Waals surface area contributed by atoms with E-state index in [1.165, 1.54) is 6.08 Å². The van der Waals surface area contributed by atoms with Crippen LogP contribution < -0.4 is 5.32 Å². The van der Waals surface area contributed by atoms with Crippen LogP contribution in [0.25, 0.3) is 11.1 Å². The minimum atomic E-state index is -0.0465. The number of aromatic nitrogens is 1. The van der Waals surface area contributed by atoms with Crippen LogP contribution in [-0.4, -0.2) is 10.8 Å². The van der Waals surface area contributed by atoms with Gasteiger partial charge < -0.3 is 5.32 Å². The number of nitrogens with one attached hydrogen (secondary N) is 1. The van der Waals surface area contributed by atoms with Gasteiger partial charge in [-0.2, -0.15) is 0 Å². The first kappa shape index (κ1) is 15.7. The molecule has 3 nitrogen and oxygen atoms in total. The van der Waals surface area contributed by atoms with Crippen LogP contribution in [0.4, 0.5) is 5.82 Å². The number of benzene rings is 2. The number of hydrogen-bond donors (Lipinski definition) is 1. The van der Waals surface area contributed by atoms with E-state index in [9.17, 15) is 4.79 Å². The number of nitrogens with zero attached hydrogens (tertiary/aromatic N) is 1. The number of carbonyl (C=O) groups is 1. The molecule has 0 fully saturated rings. The number of anilines is 1. The van der Waals surface area contributed by atoms with Crippen molar-refractivity contribution >= 4 is 11.6 Å². The maximum absolute atomic E-state index is 12.2. The van der Waals surface area contributed by atoms with Gasteiger partial charge in [-0.15, -0.1) is 0 Å². The molecule has 3 heteroatoms. The van der Waals surface area contributed by atoms with Gasteiger partial charge in [0, 0.05) is 24.0 Å². The molecule has 0 aliphatic carbocycles. The molecule has 118 valence electrons. The Labute approximate surface area is 141 Å². The van der Waals surface area contributed by atoms with Crippen LogP contribution >= 0.6 is 0 Å². The number of aryl methyl sites for hydroxylation is 1. The Hall–Kier alpha value is -3.20. The van der Waals surface area contributed by atoms with Crippen molar-refractivity contribution in [2.75, 3.05) is 5.32 Å². The van der Waals surface area contributed by atoms with E-state index in [-0.39, 0.29) is 5.78 Å². The maximum atomic E-state index is 12.2. The summed E-state index contributed by atoms with van der Waals surface area (Å²) in [6, 6.07) is 21.6. The van der Waals surface area contributed by atoms with E-state index in [1.807, 2.05) is 61.5 Å². The zero-order valence-corrected chi connectivity index (χ0v) is 13.4. The molecular formula is C21H18N2O. The Morgan fingerprint density at radius 1 is 0.958 bits per heavy atom. The molecule has 24 heavy (non-hydrogen) atoms. The molecule has 3 rings (SSSR count). The Morgan fingerprint density at radius 2 is 1.67 bits per heavy atom. The third kappa shape index (κ3) is 3.96. The van der Waals surface area contributed by atoms with Crippen molar-refractivity contribution < 1.29 is 4.79 Å². The number of ketones is 1. The molecule has 3 aromatic rings. The second-order valence-corrected chi connectivity index (χ2v) is 5.50. The lowest BCUT2D eigenvalue weighted by molar-refractivity contribution is 0.104. The molecule has 1 aromatic heterocycles. The number of carbonyl (C=O) groups excluding carboxylic acids is 1. The third-order valence-electron chi connectivity index (χ3n) is 3.66. The van der Waals surface area contributed by atoms with Gasteiger partial charge in [-0.3, -0.25) is 4.79 Å². The second kappa shape index (κ2) is 7.38. The zero-order valence-electron chi connectivity index (χ0n) is 13.4. The van der Waals surface area contributed by atoms with Gasteiger partial charge in [-0.25, -0.2) is 4.98 Å². The molecule has 0 amide bonds. The van der Waals surface area contributed by atoms with Crippen molar-refractivity contribution in [3.63, 3.8) is 0 Å². The van der Waals surface area contributed by atoms with Crippen LogP contribution in [0.1, 0.15) is 15.9 Å². The molecule has 1 heterocycles. The summed E-state index contributed by atoms with van der Waals surface area (Å²) >= 11 is 0. The van der Waals surface area contributed by atoms with Crippen LogP contribution in [0.2, 0.25) is 0 Å². The summed E-state index contributed by atoms with van der Waals surface area (Å²) in [5.41, 5.74) is 4.01. The summed E-state index contributed by atoms with van der Waals surface area (Å²) < 4.78 is 0. The van der Waals surface area contributed by atoms with Gasteiger partial charge in [-0.05, 0) is 35.7 Å². The summed E-state index contributed by atoms with van der Waals surface area (Å²) in [7, 11) is 0. The fourth-order valence-corrected chi connectivity index (χ4v) is 2.37. The number of rotatable bonds is 5. The molecule has 0 aliphatic rings. The molecule has 1 N–H and O–H groups in total. The first-order valence-corrected chi connectivity index (χ1v) is 7.78. The fourth-order valence-electron chi connectivity index (χ4n) is 2.37. The smallest absolute Gasteiger partial charge is 0.187 e. The van der Waals surface area contributed by atoms with E-state index >= 15 is 0 Å². The van der Waals surface area contributed by atoms with Gasteiger partial charge in [0.2, 0.25) is 0 Å². The van der Waals surface area contributed by atoms with E-state index in [4.69, 9.17) is 0 Å². The van der Waals surface area contributed by atoms with E-state index in [2.05, 4.69) is 22.4 Å². The lowest BCUT2D eigenvalue weighted by Crippen LogP contribution is -1.97. The van der Waals surface area contributed by atoms with Crippen molar-refractivity contribution in [2.24, 2.45) is 0 Å². The Kier molecular flexibility index (Phi) is 4.82. The van der Waals surface area contributed by atoms with E-state index in [1.54, 1.807) is 12.4 Å². The second-order valence-electron chi connectivity index (χ2n) is 5.50. The summed E-state index contributed by atoms with van der Waals surface area (Å²) in [5, 5.41) is 3.01. The van der Waals surface area contributed by atoms with Gasteiger partial charge >= 0.3 is 0 Å². The first-order chi connectivity index (χ1) is 11.7. The van der Waals surface area contributed by atoms with Gasteiger partial charge in [-0.1, -0.05) is 54.6 Å². The Bertz CT molecular complexity index is 853. The monoisotopic (exact) mass is 314 g/mol. The normalized spacial score (nSPS) is 10.7.